The van der Waals surface area contributed by atoms with Gasteiger partial charge in [0.05, 0.1) is 16.8 Å². The van der Waals surface area contributed by atoms with Crippen LogP contribution in [0.15, 0.2) is 24.3 Å². The molecule has 0 radical (unpaired) electrons. The van der Waals surface area contributed by atoms with Gasteiger partial charge in [0.1, 0.15) is 5.75 Å². The van der Waals surface area contributed by atoms with Crippen molar-refractivity contribution in [1.29, 1.82) is 0 Å². The highest BCUT2D eigenvalue weighted by atomic mass is 32.2. The van der Waals surface area contributed by atoms with Crippen molar-refractivity contribution in [1.82, 2.24) is 9.21 Å². The van der Waals surface area contributed by atoms with Crippen LogP contribution in [-0.2, 0) is 24.7 Å². The summed E-state index contributed by atoms with van der Waals surface area (Å²) in [4.78, 5) is 14.2. The van der Waals surface area contributed by atoms with Crippen LogP contribution in [0.25, 0.3) is 0 Å². The third-order valence-electron chi connectivity index (χ3n) is 5.20. The van der Waals surface area contributed by atoms with Gasteiger partial charge >= 0.3 is 0 Å². The van der Waals surface area contributed by atoms with Crippen LogP contribution in [0, 0.1) is 6.92 Å². The van der Waals surface area contributed by atoms with Gasteiger partial charge in [-0.05, 0) is 32.4 Å². The number of carbonyl (C=O) groups is 1. The van der Waals surface area contributed by atoms with Gasteiger partial charge < -0.3 is 9.64 Å². The van der Waals surface area contributed by atoms with E-state index in [0.29, 0.717) is 5.75 Å². The quantitative estimate of drug-likeness (QED) is 0.671. The number of carbonyl (C=O) groups excluding carboxylic acids is 1. The van der Waals surface area contributed by atoms with Crippen molar-refractivity contribution in [3.8, 4) is 5.75 Å². The summed E-state index contributed by atoms with van der Waals surface area (Å²) in [5, 5.41) is -0.872. The molecule has 0 spiro atoms. The van der Waals surface area contributed by atoms with Gasteiger partial charge in [0.2, 0.25) is 10.0 Å². The van der Waals surface area contributed by atoms with Gasteiger partial charge in [-0.25, -0.2) is 16.8 Å². The lowest BCUT2D eigenvalue weighted by Gasteiger charge is -2.36. The lowest BCUT2D eigenvalue weighted by molar-refractivity contribution is -0.139. The van der Waals surface area contributed by atoms with E-state index in [1.54, 1.807) is 24.0 Å². The molecule has 2 unspecified atom stereocenters. The average Bonchev–Trinajstić information content (AvgIpc) is 3.03. The number of benzene rings is 1. The summed E-state index contributed by atoms with van der Waals surface area (Å²) in [5.41, 5.74) is 1.10. The Kier molecular flexibility index (Phi) is 6.02. The van der Waals surface area contributed by atoms with Crippen LogP contribution < -0.4 is 4.74 Å². The third kappa shape index (κ3) is 4.66. The highest BCUT2D eigenvalue weighted by Gasteiger charge is 2.41. The fourth-order valence-corrected chi connectivity index (χ4v) is 8.01. The Hall–Kier alpha value is -1.65. The van der Waals surface area contributed by atoms with Crippen LogP contribution in [0.5, 0.6) is 5.75 Å². The standard InChI is InChI=1S/C18H26N2O6S2/c1-14-3-5-16(6-4-14)26-15(2)18(21)19-8-10-20(11-9-19)28(24,25)17-7-12-27(22,23)13-17/h3-6,15,17H,7-13H2,1-2H3. The number of aryl methyl sites for hydroxylation is 1. The first-order valence-corrected chi connectivity index (χ1v) is 12.6. The SMILES string of the molecule is Cc1ccc(OC(C)C(=O)N2CCN(S(=O)(=O)C3CCS(=O)(=O)C3)CC2)cc1. The first-order valence-electron chi connectivity index (χ1n) is 9.30. The van der Waals surface area contributed by atoms with Crippen molar-refractivity contribution >= 4 is 25.8 Å². The molecular weight excluding hydrogens is 404 g/mol. The molecular formula is C18H26N2O6S2. The summed E-state index contributed by atoms with van der Waals surface area (Å²) in [6.07, 6.45) is -0.531. The summed E-state index contributed by atoms with van der Waals surface area (Å²) in [5.74, 6) is 0.0234. The van der Waals surface area contributed by atoms with Gasteiger partial charge in [0.25, 0.3) is 5.91 Å². The molecule has 8 nitrogen and oxygen atoms in total. The number of nitrogens with zero attached hydrogens (tertiary/aromatic N) is 2. The number of sulfone groups is 1. The van der Waals surface area contributed by atoms with Crippen molar-refractivity contribution in [2.45, 2.75) is 31.6 Å². The van der Waals surface area contributed by atoms with E-state index in [9.17, 15) is 21.6 Å². The van der Waals surface area contributed by atoms with Gasteiger partial charge in [-0.15, -0.1) is 0 Å². The molecule has 2 aliphatic heterocycles. The molecule has 3 rings (SSSR count). The third-order valence-corrected chi connectivity index (χ3v) is 9.51. The zero-order chi connectivity index (χ0) is 20.5. The molecule has 0 aromatic heterocycles. The zero-order valence-electron chi connectivity index (χ0n) is 16.1. The second kappa shape index (κ2) is 8.00. The molecule has 2 atom stereocenters. The Morgan fingerprint density at radius 1 is 1.14 bits per heavy atom. The predicted octanol–water partition coefficient (Wildman–Crippen LogP) is 0.423. The van der Waals surface area contributed by atoms with E-state index in [0.717, 1.165) is 5.56 Å². The molecule has 2 saturated heterocycles. The first kappa shape index (κ1) is 21.1. The van der Waals surface area contributed by atoms with E-state index in [1.807, 2.05) is 19.1 Å². The number of hydrogen-bond acceptors (Lipinski definition) is 6. The largest absolute Gasteiger partial charge is 0.481 e. The summed E-state index contributed by atoms with van der Waals surface area (Å²) < 4.78 is 55.6. The van der Waals surface area contributed by atoms with Gasteiger partial charge in [0, 0.05) is 26.2 Å². The fraction of sp³-hybridized carbons (Fsp3) is 0.611. The molecule has 1 aromatic carbocycles. The van der Waals surface area contributed by atoms with Gasteiger partial charge in [-0.1, -0.05) is 17.7 Å². The van der Waals surface area contributed by atoms with Crippen LogP contribution in [0.2, 0.25) is 0 Å². The van der Waals surface area contributed by atoms with Crippen LogP contribution in [0.3, 0.4) is 0 Å². The minimum absolute atomic E-state index is 0.0801. The maximum absolute atomic E-state index is 12.7. The van der Waals surface area contributed by atoms with Crippen LogP contribution in [0.1, 0.15) is 18.9 Å². The fourth-order valence-electron chi connectivity index (χ4n) is 3.50. The molecule has 28 heavy (non-hydrogen) atoms. The number of sulfonamides is 1. The van der Waals surface area contributed by atoms with Crippen LogP contribution >= 0.6 is 0 Å². The Balaban J connectivity index is 1.55. The van der Waals surface area contributed by atoms with Gasteiger partial charge in [-0.3, -0.25) is 4.79 Å². The van der Waals surface area contributed by atoms with Crippen molar-refractivity contribution in [2.75, 3.05) is 37.7 Å². The molecule has 2 fully saturated rings. The van der Waals surface area contributed by atoms with Crippen molar-refractivity contribution in [3.05, 3.63) is 29.8 Å². The summed E-state index contributed by atoms with van der Waals surface area (Å²) in [6, 6.07) is 7.41. The molecule has 2 heterocycles. The molecule has 0 N–H and O–H groups in total. The summed E-state index contributed by atoms with van der Waals surface area (Å²) in [6.45, 7) is 4.50. The first-order chi connectivity index (χ1) is 13.1. The van der Waals surface area contributed by atoms with Gasteiger partial charge in [-0.2, -0.15) is 4.31 Å². The highest BCUT2D eigenvalue weighted by molar-refractivity contribution is 7.95. The molecule has 0 aliphatic carbocycles. The number of hydrogen-bond donors (Lipinski definition) is 0. The minimum Gasteiger partial charge on any atom is -0.481 e. The van der Waals surface area contributed by atoms with Crippen molar-refractivity contribution in [3.63, 3.8) is 0 Å². The number of piperazine rings is 1. The monoisotopic (exact) mass is 430 g/mol. The van der Waals surface area contributed by atoms with Crippen LogP contribution in [0.4, 0.5) is 0 Å². The second-order valence-electron chi connectivity index (χ2n) is 7.37. The predicted molar refractivity (Wildman–Crippen MR) is 105 cm³/mol. The van der Waals surface area contributed by atoms with E-state index < -0.39 is 31.2 Å². The highest BCUT2D eigenvalue weighted by Crippen LogP contribution is 2.23. The Morgan fingerprint density at radius 3 is 2.29 bits per heavy atom. The number of ether oxygens (including phenoxy) is 1. The van der Waals surface area contributed by atoms with E-state index in [-0.39, 0.29) is 50.0 Å². The molecule has 2 aliphatic rings. The minimum atomic E-state index is -3.67. The zero-order valence-corrected chi connectivity index (χ0v) is 17.7. The second-order valence-corrected chi connectivity index (χ2v) is 11.8. The number of amides is 1. The molecule has 1 amide bonds. The van der Waals surface area contributed by atoms with E-state index in [1.165, 1.54) is 4.31 Å². The maximum Gasteiger partial charge on any atom is 0.263 e. The lowest BCUT2D eigenvalue weighted by atomic mass is 10.2. The van der Waals surface area contributed by atoms with E-state index in [4.69, 9.17) is 4.74 Å². The molecule has 156 valence electrons. The Morgan fingerprint density at radius 2 is 1.75 bits per heavy atom. The average molecular weight is 431 g/mol. The topological polar surface area (TPSA) is 101 Å². The smallest absolute Gasteiger partial charge is 0.263 e. The molecule has 1 aromatic rings. The Labute approximate surface area is 166 Å². The van der Waals surface area contributed by atoms with Crippen molar-refractivity contribution < 1.29 is 26.4 Å². The summed E-state index contributed by atoms with van der Waals surface area (Å²) >= 11 is 0. The van der Waals surface area contributed by atoms with Gasteiger partial charge in [0.15, 0.2) is 15.9 Å². The lowest BCUT2D eigenvalue weighted by Crippen LogP contribution is -2.54. The van der Waals surface area contributed by atoms with Crippen LogP contribution in [-0.4, -0.2) is 81.0 Å². The molecule has 0 saturated carbocycles. The normalized spacial score (nSPS) is 24.1. The molecule has 0 bridgehead atoms. The maximum atomic E-state index is 12.7. The van der Waals surface area contributed by atoms with E-state index in [2.05, 4.69) is 0 Å². The number of rotatable bonds is 5. The molecule has 10 heteroatoms. The summed E-state index contributed by atoms with van der Waals surface area (Å²) in [7, 11) is -6.94. The van der Waals surface area contributed by atoms with E-state index >= 15 is 0 Å². The van der Waals surface area contributed by atoms with Crippen molar-refractivity contribution in [2.24, 2.45) is 0 Å². The Bertz CT molecular complexity index is 919.